The number of ether oxygens (including phenoxy) is 3. The first-order valence-electron chi connectivity index (χ1n) is 7.62. The molecule has 7 atom stereocenters. The third-order valence-electron chi connectivity index (χ3n) is 4.23. The number of rotatable bonds is 6. The summed E-state index contributed by atoms with van der Waals surface area (Å²) in [5.74, 6) is -2.54. The van der Waals surface area contributed by atoms with Gasteiger partial charge in [-0.25, -0.2) is 0 Å². The van der Waals surface area contributed by atoms with E-state index in [1.165, 1.54) is 13.0 Å². The SMILES string of the molecule is CC1(CO)C=C(O)[C@](CO)(O[C@H]2OC(CCO)[C@@H](O)C(N)C2O)O1. The van der Waals surface area contributed by atoms with Crippen LogP contribution < -0.4 is 5.73 Å². The molecule has 0 aromatic heterocycles. The van der Waals surface area contributed by atoms with Gasteiger partial charge in [0.25, 0.3) is 5.79 Å². The van der Waals surface area contributed by atoms with Crippen molar-refractivity contribution in [1.82, 2.24) is 0 Å². The van der Waals surface area contributed by atoms with E-state index < -0.39 is 61.0 Å². The topological polar surface area (TPSA) is 175 Å². The fraction of sp³-hybridized carbons (Fsp3) is 0.857. The average molecular weight is 351 g/mol. The van der Waals surface area contributed by atoms with Crippen molar-refractivity contribution in [3.63, 3.8) is 0 Å². The second kappa shape index (κ2) is 7.20. The Kier molecular flexibility index (Phi) is 5.85. The van der Waals surface area contributed by atoms with E-state index in [1.807, 2.05) is 0 Å². The van der Waals surface area contributed by atoms with Gasteiger partial charge in [0, 0.05) is 6.61 Å². The molecule has 2 aliphatic rings. The molecule has 10 heteroatoms. The zero-order chi connectivity index (χ0) is 18.1. The number of hydrogen-bond donors (Lipinski definition) is 7. The molecule has 2 rings (SSSR count). The van der Waals surface area contributed by atoms with Gasteiger partial charge in [0.05, 0.1) is 24.9 Å². The Morgan fingerprint density at radius 2 is 1.88 bits per heavy atom. The Balaban J connectivity index is 2.20. The van der Waals surface area contributed by atoms with Crippen LogP contribution in [0.5, 0.6) is 0 Å². The summed E-state index contributed by atoms with van der Waals surface area (Å²) in [6, 6.07) is -1.13. The maximum absolute atomic E-state index is 10.2. The molecule has 24 heavy (non-hydrogen) atoms. The second-order valence-electron chi connectivity index (χ2n) is 6.25. The van der Waals surface area contributed by atoms with E-state index >= 15 is 0 Å². The fourth-order valence-corrected chi connectivity index (χ4v) is 2.79. The molecule has 0 aromatic rings. The monoisotopic (exact) mass is 351 g/mol. The molecule has 0 bridgehead atoms. The van der Waals surface area contributed by atoms with Crippen molar-refractivity contribution in [3.05, 3.63) is 11.8 Å². The molecule has 2 aliphatic heterocycles. The van der Waals surface area contributed by atoms with Gasteiger partial charge in [0.2, 0.25) is 0 Å². The Morgan fingerprint density at radius 3 is 2.38 bits per heavy atom. The molecule has 8 N–H and O–H groups in total. The van der Waals surface area contributed by atoms with Crippen LogP contribution in [0.4, 0.5) is 0 Å². The van der Waals surface area contributed by atoms with Gasteiger partial charge in [-0.1, -0.05) is 0 Å². The fourth-order valence-electron chi connectivity index (χ4n) is 2.79. The minimum absolute atomic E-state index is 0.0462. The molecule has 140 valence electrons. The van der Waals surface area contributed by atoms with Gasteiger partial charge in [-0.2, -0.15) is 0 Å². The summed E-state index contributed by atoms with van der Waals surface area (Å²) in [5, 5.41) is 58.2. The smallest absolute Gasteiger partial charge is 0.254 e. The summed E-state index contributed by atoms with van der Waals surface area (Å²) < 4.78 is 16.3. The lowest BCUT2D eigenvalue weighted by atomic mass is 9.95. The standard InChI is InChI=1S/C14H25NO9/c1-13(5-17)4-8(19)14(6-18,24-13)23-12-11(21)9(15)10(20)7(22-12)2-3-16/h4,7,9-12,16-21H,2-3,5-6,15H2,1H3/t7?,9?,10-,11?,12-,13?,14-/m1/s1. The molecule has 0 spiro atoms. The highest BCUT2D eigenvalue weighted by atomic mass is 16.8. The van der Waals surface area contributed by atoms with Crippen LogP contribution in [0.25, 0.3) is 0 Å². The van der Waals surface area contributed by atoms with Crippen molar-refractivity contribution in [2.75, 3.05) is 19.8 Å². The minimum Gasteiger partial charge on any atom is -0.507 e. The first kappa shape index (κ1) is 19.5. The van der Waals surface area contributed by atoms with Gasteiger partial charge in [0.1, 0.15) is 18.3 Å². The molecular weight excluding hydrogens is 326 g/mol. The molecule has 4 unspecified atom stereocenters. The third kappa shape index (κ3) is 3.43. The van der Waals surface area contributed by atoms with E-state index in [0.29, 0.717) is 0 Å². The predicted molar refractivity (Wildman–Crippen MR) is 78.5 cm³/mol. The Hall–Kier alpha value is -0.820. The zero-order valence-corrected chi connectivity index (χ0v) is 13.3. The Morgan fingerprint density at radius 1 is 1.21 bits per heavy atom. The van der Waals surface area contributed by atoms with Gasteiger partial charge >= 0.3 is 0 Å². The maximum Gasteiger partial charge on any atom is 0.254 e. The second-order valence-corrected chi connectivity index (χ2v) is 6.25. The van der Waals surface area contributed by atoms with Crippen LogP contribution in [-0.2, 0) is 14.2 Å². The molecular formula is C14H25NO9. The van der Waals surface area contributed by atoms with Crippen molar-refractivity contribution in [2.24, 2.45) is 5.73 Å². The van der Waals surface area contributed by atoms with E-state index in [9.17, 15) is 25.5 Å². The van der Waals surface area contributed by atoms with Crippen molar-refractivity contribution >= 4 is 0 Å². The molecule has 0 saturated carbocycles. The minimum atomic E-state index is -2.05. The van der Waals surface area contributed by atoms with Gasteiger partial charge in [-0.3, -0.25) is 0 Å². The van der Waals surface area contributed by atoms with Gasteiger partial charge in [0.15, 0.2) is 12.0 Å². The summed E-state index contributed by atoms with van der Waals surface area (Å²) in [7, 11) is 0. The van der Waals surface area contributed by atoms with E-state index in [0.717, 1.165) is 0 Å². The van der Waals surface area contributed by atoms with Crippen molar-refractivity contribution in [2.45, 2.75) is 55.4 Å². The van der Waals surface area contributed by atoms with Crippen LogP contribution in [0.3, 0.4) is 0 Å². The zero-order valence-electron chi connectivity index (χ0n) is 13.3. The van der Waals surface area contributed by atoms with Crippen LogP contribution in [-0.4, -0.2) is 92.5 Å². The van der Waals surface area contributed by atoms with Crippen molar-refractivity contribution in [3.8, 4) is 0 Å². The lowest BCUT2D eigenvalue weighted by molar-refractivity contribution is -0.365. The number of aliphatic hydroxyl groups excluding tert-OH is 6. The predicted octanol–water partition coefficient (Wildman–Crippen LogP) is -2.93. The molecule has 10 nitrogen and oxygen atoms in total. The summed E-state index contributed by atoms with van der Waals surface area (Å²) in [5.41, 5.74) is 4.45. The van der Waals surface area contributed by atoms with Crippen LogP contribution >= 0.6 is 0 Å². The molecule has 0 amide bonds. The molecule has 0 aromatic carbocycles. The number of nitrogens with two attached hydrogens (primary N) is 1. The highest BCUT2D eigenvalue weighted by Gasteiger charge is 2.54. The average Bonchev–Trinajstić information content (AvgIpc) is 2.81. The highest BCUT2D eigenvalue weighted by molar-refractivity contribution is 5.19. The normalized spacial score (nSPS) is 46.1. The largest absolute Gasteiger partial charge is 0.507 e. The lowest BCUT2D eigenvalue weighted by Gasteiger charge is -2.44. The highest BCUT2D eigenvalue weighted by Crippen LogP contribution is 2.39. The molecule has 1 fully saturated rings. The molecule has 1 saturated heterocycles. The lowest BCUT2D eigenvalue weighted by Crippen LogP contribution is -2.64. The summed E-state index contributed by atoms with van der Waals surface area (Å²) in [6.45, 7) is -0.125. The van der Waals surface area contributed by atoms with Gasteiger partial charge in [-0.05, 0) is 19.4 Å². The van der Waals surface area contributed by atoms with Gasteiger partial charge < -0.3 is 50.6 Å². The Bertz CT molecular complexity index is 475. The summed E-state index contributed by atoms with van der Waals surface area (Å²) in [6.07, 6.45) is -3.83. The molecule has 0 radical (unpaired) electrons. The summed E-state index contributed by atoms with van der Waals surface area (Å²) in [4.78, 5) is 0. The number of aliphatic hydroxyl groups is 6. The van der Waals surface area contributed by atoms with Gasteiger partial charge in [-0.15, -0.1) is 0 Å². The van der Waals surface area contributed by atoms with Crippen LogP contribution in [0.2, 0.25) is 0 Å². The van der Waals surface area contributed by atoms with Crippen LogP contribution in [0.15, 0.2) is 11.8 Å². The Labute approximate surface area is 138 Å². The first-order valence-corrected chi connectivity index (χ1v) is 7.62. The number of hydrogen-bond acceptors (Lipinski definition) is 10. The maximum atomic E-state index is 10.2. The van der Waals surface area contributed by atoms with Crippen molar-refractivity contribution in [1.29, 1.82) is 0 Å². The molecule has 0 aliphatic carbocycles. The van der Waals surface area contributed by atoms with Crippen LogP contribution in [0.1, 0.15) is 13.3 Å². The first-order chi connectivity index (χ1) is 11.2. The quantitative estimate of drug-likeness (QED) is 0.262. The van der Waals surface area contributed by atoms with Crippen molar-refractivity contribution < 1.29 is 44.8 Å². The van der Waals surface area contributed by atoms with E-state index in [4.69, 9.17) is 25.1 Å². The van der Waals surface area contributed by atoms with E-state index in [2.05, 4.69) is 0 Å². The third-order valence-corrected chi connectivity index (χ3v) is 4.23. The van der Waals surface area contributed by atoms with Crippen LogP contribution in [0, 0.1) is 0 Å². The molecule has 2 heterocycles. The van der Waals surface area contributed by atoms with E-state index in [1.54, 1.807) is 0 Å². The summed E-state index contributed by atoms with van der Waals surface area (Å²) >= 11 is 0. The van der Waals surface area contributed by atoms with E-state index in [-0.39, 0.29) is 13.0 Å².